The van der Waals surface area contributed by atoms with Gasteiger partial charge in [0.15, 0.2) is 0 Å². The molecular formula is C15H22N2O3. The first kappa shape index (κ1) is 16.1. The molecule has 0 aromatic carbocycles. The summed E-state index contributed by atoms with van der Waals surface area (Å²) in [5.74, 6) is -0.764. The van der Waals surface area contributed by atoms with Gasteiger partial charge in [-0.25, -0.2) is 9.78 Å². The van der Waals surface area contributed by atoms with Gasteiger partial charge >= 0.3 is 5.97 Å². The summed E-state index contributed by atoms with van der Waals surface area (Å²) < 4.78 is 0. The van der Waals surface area contributed by atoms with Gasteiger partial charge in [0.05, 0.1) is 5.56 Å². The van der Waals surface area contributed by atoms with Crippen LogP contribution in [0.15, 0.2) is 18.3 Å². The van der Waals surface area contributed by atoms with Gasteiger partial charge in [0.2, 0.25) is 0 Å². The average Bonchev–Trinajstić information content (AvgIpc) is 2.34. The number of pyridine rings is 1. The third-order valence-corrected chi connectivity index (χ3v) is 2.93. The summed E-state index contributed by atoms with van der Waals surface area (Å²) in [7, 11) is 0. The maximum atomic E-state index is 12.0. The first-order chi connectivity index (χ1) is 9.21. The van der Waals surface area contributed by atoms with Crippen LogP contribution in [0.1, 0.15) is 55.0 Å². The minimum Gasteiger partial charge on any atom is -0.477 e. The van der Waals surface area contributed by atoms with Gasteiger partial charge < -0.3 is 10.4 Å². The Hall–Kier alpha value is -1.91. The topological polar surface area (TPSA) is 79.3 Å². The summed E-state index contributed by atoms with van der Waals surface area (Å²) in [5.41, 5.74) is 0.329. The molecule has 5 heteroatoms. The molecule has 0 radical (unpaired) electrons. The van der Waals surface area contributed by atoms with E-state index < -0.39 is 5.97 Å². The summed E-state index contributed by atoms with van der Waals surface area (Å²) in [4.78, 5) is 26.4. The number of amides is 1. The highest BCUT2D eigenvalue weighted by Gasteiger charge is 2.20. The van der Waals surface area contributed by atoms with Crippen LogP contribution in [0.3, 0.4) is 0 Å². The maximum absolute atomic E-state index is 12.0. The number of carbonyl (C=O) groups is 2. The number of nitrogens with zero attached hydrogens (tertiary/aromatic N) is 1. The fraction of sp³-hybridized carbons (Fsp3) is 0.533. The Morgan fingerprint density at radius 2 is 2.00 bits per heavy atom. The van der Waals surface area contributed by atoms with Crippen molar-refractivity contribution >= 4 is 11.9 Å². The van der Waals surface area contributed by atoms with Crippen molar-refractivity contribution in [2.75, 3.05) is 6.54 Å². The van der Waals surface area contributed by atoms with E-state index in [-0.39, 0.29) is 17.0 Å². The van der Waals surface area contributed by atoms with Crippen molar-refractivity contribution in [3.8, 4) is 0 Å². The Morgan fingerprint density at radius 3 is 2.45 bits per heavy atom. The van der Waals surface area contributed by atoms with Crippen LogP contribution in [0.5, 0.6) is 0 Å². The van der Waals surface area contributed by atoms with E-state index in [9.17, 15) is 9.59 Å². The van der Waals surface area contributed by atoms with Crippen molar-refractivity contribution in [2.45, 2.75) is 34.1 Å². The van der Waals surface area contributed by atoms with Crippen molar-refractivity contribution in [3.05, 3.63) is 29.6 Å². The molecule has 0 saturated carbocycles. The van der Waals surface area contributed by atoms with E-state index in [0.29, 0.717) is 18.0 Å². The highest BCUT2D eigenvalue weighted by atomic mass is 16.4. The molecule has 5 nitrogen and oxygen atoms in total. The summed E-state index contributed by atoms with van der Waals surface area (Å²) in [6, 6.07) is 2.80. The standard InChI is InChI=1S/C15H22N2O3/c1-10(2)7-15(3,4)9-17-13(18)11-5-6-12(14(19)20)16-8-11/h5-6,8,10H,7,9H2,1-4H3,(H,17,18)(H,19,20). The fourth-order valence-corrected chi connectivity index (χ4v) is 2.25. The predicted octanol–water partition coefficient (Wildman–Crippen LogP) is 2.58. The first-order valence-corrected chi connectivity index (χ1v) is 6.69. The number of carbonyl (C=O) groups excluding carboxylic acids is 1. The number of nitrogens with one attached hydrogen (secondary N) is 1. The molecule has 0 spiro atoms. The van der Waals surface area contributed by atoms with Crippen LogP contribution in [-0.4, -0.2) is 28.5 Å². The van der Waals surface area contributed by atoms with Gasteiger partial charge in [-0.15, -0.1) is 0 Å². The second-order valence-corrected chi connectivity index (χ2v) is 6.18. The number of rotatable bonds is 6. The average molecular weight is 278 g/mol. The van der Waals surface area contributed by atoms with Crippen molar-refractivity contribution in [1.82, 2.24) is 10.3 Å². The van der Waals surface area contributed by atoms with Crippen LogP contribution in [0.4, 0.5) is 0 Å². The Kier molecular flexibility index (Phi) is 5.25. The normalized spacial score (nSPS) is 11.4. The van der Waals surface area contributed by atoms with Crippen LogP contribution in [0, 0.1) is 11.3 Å². The summed E-state index contributed by atoms with van der Waals surface area (Å²) in [6.45, 7) is 9.10. The maximum Gasteiger partial charge on any atom is 0.354 e. The molecule has 1 heterocycles. The van der Waals surface area contributed by atoms with Crippen LogP contribution >= 0.6 is 0 Å². The molecule has 0 unspecified atom stereocenters. The molecule has 0 aliphatic heterocycles. The highest BCUT2D eigenvalue weighted by Crippen LogP contribution is 2.24. The molecule has 1 aromatic rings. The number of aromatic nitrogens is 1. The molecular weight excluding hydrogens is 256 g/mol. The lowest BCUT2D eigenvalue weighted by Gasteiger charge is -2.26. The van der Waals surface area contributed by atoms with E-state index >= 15 is 0 Å². The van der Waals surface area contributed by atoms with E-state index in [1.165, 1.54) is 18.3 Å². The third-order valence-electron chi connectivity index (χ3n) is 2.93. The lowest BCUT2D eigenvalue weighted by atomic mass is 9.84. The zero-order chi connectivity index (χ0) is 15.3. The summed E-state index contributed by atoms with van der Waals surface area (Å²) >= 11 is 0. The Balaban J connectivity index is 2.61. The minimum absolute atomic E-state index is 0.0261. The van der Waals surface area contributed by atoms with Crippen LogP contribution in [-0.2, 0) is 0 Å². The van der Waals surface area contributed by atoms with Gasteiger partial charge in [0, 0.05) is 12.7 Å². The van der Waals surface area contributed by atoms with Crippen molar-refractivity contribution in [2.24, 2.45) is 11.3 Å². The van der Waals surface area contributed by atoms with Gasteiger partial charge in [0.1, 0.15) is 5.69 Å². The molecule has 2 N–H and O–H groups in total. The minimum atomic E-state index is -1.10. The second-order valence-electron chi connectivity index (χ2n) is 6.18. The van der Waals surface area contributed by atoms with Crippen molar-refractivity contribution < 1.29 is 14.7 Å². The van der Waals surface area contributed by atoms with E-state index in [1.807, 2.05) is 0 Å². The Morgan fingerprint density at radius 1 is 1.35 bits per heavy atom. The monoisotopic (exact) mass is 278 g/mol. The molecule has 1 aromatic heterocycles. The third kappa shape index (κ3) is 4.99. The fourth-order valence-electron chi connectivity index (χ4n) is 2.25. The van der Waals surface area contributed by atoms with Gasteiger partial charge in [-0.1, -0.05) is 27.7 Å². The van der Waals surface area contributed by atoms with Gasteiger partial charge in [-0.3, -0.25) is 4.79 Å². The predicted molar refractivity (Wildman–Crippen MR) is 76.8 cm³/mol. The lowest BCUT2D eigenvalue weighted by Crippen LogP contribution is -2.34. The lowest BCUT2D eigenvalue weighted by molar-refractivity contribution is 0.0689. The Bertz CT molecular complexity index is 478. The number of carboxylic acids is 1. The zero-order valence-electron chi connectivity index (χ0n) is 12.4. The molecule has 0 aliphatic carbocycles. The van der Waals surface area contributed by atoms with Gasteiger partial charge in [-0.05, 0) is 29.9 Å². The largest absolute Gasteiger partial charge is 0.477 e. The molecule has 110 valence electrons. The molecule has 20 heavy (non-hydrogen) atoms. The Labute approximate surface area is 119 Å². The molecule has 0 atom stereocenters. The number of hydrogen-bond acceptors (Lipinski definition) is 3. The van der Waals surface area contributed by atoms with E-state index in [0.717, 1.165) is 6.42 Å². The zero-order valence-corrected chi connectivity index (χ0v) is 12.4. The number of aromatic carboxylic acids is 1. The van der Waals surface area contributed by atoms with E-state index in [1.54, 1.807) is 0 Å². The summed E-state index contributed by atoms with van der Waals surface area (Å²) in [6.07, 6.45) is 2.30. The molecule has 0 bridgehead atoms. The number of hydrogen-bond donors (Lipinski definition) is 2. The van der Waals surface area contributed by atoms with Crippen LogP contribution in [0.25, 0.3) is 0 Å². The highest BCUT2D eigenvalue weighted by molar-refractivity contribution is 5.94. The molecule has 1 amide bonds. The first-order valence-electron chi connectivity index (χ1n) is 6.69. The van der Waals surface area contributed by atoms with Crippen molar-refractivity contribution in [1.29, 1.82) is 0 Å². The summed E-state index contributed by atoms with van der Waals surface area (Å²) in [5, 5.41) is 11.6. The SMILES string of the molecule is CC(C)CC(C)(C)CNC(=O)c1ccc(C(=O)O)nc1. The van der Waals surface area contributed by atoms with Gasteiger partial charge in [0.25, 0.3) is 5.91 Å². The molecule has 0 aliphatic rings. The van der Waals surface area contributed by atoms with Crippen molar-refractivity contribution in [3.63, 3.8) is 0 Å². The van der Waals surface area contributed by atoms with E-state index in [2.05, 4.69) is 38.0 Å². The molecule has 1 rings (SSSR count). The molecule has 0 fully saturated rings. The van der Waals surface area contributed by atoms with Gasteiger partial charge in [-0.2, -0.15) is 0 Å². The molecule has 0 saturated heterocycles. The van der Waals surface area contributed by atoms with Crippen LogP contribution in [0.2, 0.25) is 0 Å². The van der Waals surface area contributed by atoms with E-state index in [4.69, 9.17) is 5.11 Å². The second kappa shape index (κ2) is 6.50. The smallest absolute Gasteiger partial charge is 0.354 e. The quantitative estimate of drug-likeness (QED) is 0.838. The number of carboxylic acid groups (broad SMARTS) is 1. The van der Waals surface area contributed by atoms with Crippen LogP contribution < -0.4 is 5.32 Å².